The number of rotatable bonds is 5. The Morgan fingerprint density at radius 1 is 1.38 bits per heavy atom. The van der Waals surface area contributed by atoms with Gasteiger partial charge in [-0.15, -0.1) is 0 Å². The van der Waals surface area contributed by atoms with Gasteiger partial charge >= 0.3 is 5.97 Å². The first-order valence-corrected chi connectivity index (χ1v) is 8.13. The van der Waals surface area contributed by atoms with Crippen LogP contribution in [0, 0.1) is 5.92 Å². The minimum absolute atomic E-state index is 0.259. The van der Waals surface area contributed by atoms with Gasteiger partial charge in [-0.05, 0) is 62.9 Å². The van der Waals surface area contributed by atoms with Gasteiger partial charge in [0.2, 0.25) is 0 Å². The lowest BCUT2D eigenvalue weighted by Gasteiger charge is -2.36. The van der Waals surface area contributed by atoms with Crippen molar-refractivity contribution in [3.63, 3.8) is 0 Å². The van der Waals surface area contributed by atoms with Crippen molar-refractivity contribution in [3.8, 4) is 0 Å². The molecule has 5 heteroatoms. The topological polar surface area (TPSA) is 40.5 Å². The van der Waals surface area contributed by atoms with Gasteiger partial charge in [0.15, 0.2) is 0 Å². The van der Waals surface area contributed by atoms with Crippen LogP contribution in [0.15, 0.2) is 18.2 Å². The number of aliphatic carboxylic acids is 1. The zero-order valence-corrected chi connectivity index (χ0v) is 13.7. The summed E-state index contributed by atoms with van der Waals surface area (Å²) in [6.07, 6.45) is 3.19. The third-order valence-corrected chi connectivity index (χ3v) is 4.94. The Balaban J connectivity index is 1.90. The molecule has 0 radical (unpaired) electrons. The summed E-state index contributed by atoms with van der Waals surface area (Å²) in [7, 11) is 0. The second kappa shape index (κ2) is 7.48. The van der Waals surface area contributed by atoms with E-state index in [1.54, 1.807) is 6.07 Å². The van der Waals surface area contributed by atoms with Gasteiger partial charge in [0.25, 0.3) is 0 Å². The Bertz CT molecular complexity index is 499. The van der Waals surface area contributed by atoms with E-state index in [0.717, 1.165) is 37.9 Å². The van der Waals surface area contributed by atoms with Gasteiger partial charge in [0.1, 0.15) is 0 Å². The summed E-state index contributed by atoms with van der Waals surface area (Å²) in [6.45, 7) is 4.14. The van der Waals surface area contributed by atoms with Crippen molar-refractivity contribution in [2.24, 2.45) is 5.92 Å². The van der Waals surface area contributed by atoms with E-state index < -0.39 is 5.97 Å². The zero-order chi connectivity index (χ0) is 15.4. The Morgan fingerprint density at radius 3 is 2.62 bits per heavy atom. The molecule has 1 atom stereocenters. The first kappa shape index (κ1) is 16.6. The standard InChI is InChI=1S/C16H21Cl2NO2/c1-11(14-4-3-13(17)10-15(14)18)19-8-6-12(7-9-19)2-5-16(20)21/h3-4,10-12H,2,5-9H2,1H3,(H,20,21). The smallest absolute Gasteiger partial charge is 0.303 e. The van der Waals surface area contributed by atoms with E-state index in [0.29, 0.717) is 16.0 Å². The number of hydrogen-bond acceptors (Lipinski definition) is 2. The maximum absolute atomic E-state index is 10.6. The van der Waals surface area contributed by atoms with Crippen molar-refractivity contribution in [2.75, 3.05) is 13.1 Å². The SMILES string of the molecule is CC(c1ccc(Cl)cc1Cl)N1CCC(CCC(=O)O)CC1. The van der Waals surface area contributed by atoms with Crippen molar-refractivity contribution >= 4 is 29.2 Å². The average molecular weight is 330 g/mol. The van der Waals surface area contributed by atoms with Crippen molar-refractivity contribution < 1.29 is 9.90 Å². The van der Waals surface area contributed by atoms with Crippen LogP contribution in [0.5, 0.6) is 0 Å². The van der Waals surface area contributed by atoms with Crippen molar-refractivity contribution in [3.05, 3.63) is 33.8 Å². The fourth-order valence-electron chi connectivity index (χ4n) is 2.99. The number of halogens is 2. The fraction of sp³-hybridized carbons (Fsp3) is 0.562. The summed E-state index contributed by atoms with van der Waals surface area (Å²) in [6, 6.07) is 5.91. The van der Waals surface area contributed by atoms with E-state index in [9.17, 15) is 4.79 Å². The molecule has 1 N–H and O–H groups in total. The quantitative estimate of drug-likeness (QED) is 0.856. The Hall–Kier alpha value is -0.770. The van der Waals surface area contributed by atoms with Crippen LogP contribution in [0.25, 0.3) is 0 Å². The van der Waals surface area contributed by atoms with Gasteiger partial charge in [-0.2, -0.15) is 0 Å². The van der Waals surface area contributed by atoms with Crippen LogP contribution in [-0.4, -0.2) is 29.1 Å². The Labute approximate surface area is 135 Å². The van der Waals surface area contributed by atoms with Crippen LogP contribution in [0.2, 0.25) is 10.0 Å². The maximum atomic E-state index is 10.6. The summed E-state index contributed by atoms with van der Waals surface area (Å²) < 4.78 is 0. The molecule has 1 fully saturated rings. The molecule has 0 bridgehead atoms. The van der Waals surface area contributed by atoms with Gasteiger partial charge in [-0.1, -0.05) is 29.3 Å². The lowest BCUT2D eigenvalue weighted by Crippen LogP contribution is -2.35. The van der Waals surface area contributed by atoms with Crippen molar-refractivity contribution in [1.29, 1.82) is 0 Å². The lowest BCUT2D eigenvalue weighted by molar-refractivity contribution is -0.137. The molecule has 116 valence electrons. The molecule has 0 aromatic heterocycles. The molecule has 1 heterocycles. The molecule has 0 amide bonds. The predicted molar refractivity (Wildman–Crippen MR) is 86.0 cm³/mol. The zero-order valence-electron chi connectivity index (χ0n) is 12.2. The molecule has 0 aliphatic carbocycles. The van der Waals surface area contributed by atoms with E-state index in [4.69, 9.17) is 28.3 Å². The van der Waals surface area contributed by atoms with E-state index >= 15 is 0 Å². The highest BCUT2D eigenvalue weighted by atomic mass is 35.5. The van der Waals surface area contributed by atoms with E-state index in [-0.39, 0.29) is 12.5 Å². The highest BCUT2D eigenvalue weighted by Crippen LogP contribution is 2.33. The number of nitrogens with zero attached hydrogens (tertiary/aromatic N) is 1. The Morgan fingerprint density at radius 2 is 2.05 bits per heavy atom. The largest absolute Gasteiger partial charge is 0.481 e. The second-order valence-corrected chi connectivity index (χ2v) is 6.60. The molecule has 1 unspecified atom stereocenters. The second-order valence-electron chi connectivity index (χ2n) is 5.75. The van der Waals surface area contributed by atoms with Crippen LogP contribution >= 0.6 is 23.2 Å². The van der Waals surface area contributed by atoms with Crippen LogP contribution < -0.4 is 0 Å². The number of carboxylic acid groups (broad SMARTS) is 1. The van der Waals surface area contributed by atoms with Crippen LogP contribution in [0.3, 0.4) is 0 Å². The van der Waals surface area contributed by atoms with E-state index in [1.165, 1.54) is 0 Å². The third kappa shape index (κ3) is 4.60. The van der Waals surface area contributed by atoms with Gasteiger partial charge in [-0.3, -0.25) is 9.69 Å². The molecule has 2 rings (SSSR count). The molecule has 21 heavy (non-hydrogen) atoms. The number of hydrogen-bond donors (Lipinski definition) is 1. The first-order chi connectivity index (χ1) is 9.97. The van der Waals surface area contributed by atoms with Gasteiger partial charge < -0.3 is 5.11 Å². The Kier molecular flexibility index (Phi) is 5.91. The molecular weight excluding hydrogens is 309 g/mol. The summed E-state index contributed by atoms with van der Waals surface area (Å²) in [4.78, 5) is 13.0. The van der Waals surface area contributed by atoms with Crippen LogP contribution in [0.4, 0.5) is 0 Å². The summed E-state index contributed by atoms with van der Waals surface area (Å²) >= 11 is 12.2. The van der Waals surface area contributed by atoms with E-state index in [2.05, 4.69) is 11.8 Å². The number of carboxylic acids is 1. The van der Waals surface area contributed by atoms with Gasteiger partial charge in [0, 0.05) is 22.5 Å². The normalized spacial score (nSPS) is 18.6. The minimum atomic E-state index is -0.696. The molecule has 0 saturated carbocycles. The van der Waals surface area contributed by atoms with Crippen LogP contribution in [-0.2, 0) is 4.79 Å². The summed E-state index contributed by atoms with van der Waals surface area (Å²) in [5, 5.41) is 10.1. The van der Waals surface area contributed by atoms with Crippen molar-refractivity contribution in [2.45, 2.75) is 38.6 Å². The average Bonchev–Trinajstić information content (AvgIpc) is 2.45. The molecular formula is C16H21Cl2NO2. The monoisotopic (exact) mass is 329 g/mol. The fourth-order valence-corrected chi connectivity index (χ4v) is 3.56. The number of likely N-dealkylation sites (tertiary alicyclic amines) is 1. The molecule has 3 nitrogen and oxygen atoms in total. The van der Waals surface area contributed by atoms with Gasteiger partial charge in [-0.25, -0.2) is 0 Å². The lowest BCUT2D eigenvalue weighted by atomic mass is 9.91. The molecule has 1 aromatic rings. The first-order valence-electron chi connectivity index (χ1n) is 7.38. The molecule has 1 aliphatic rings. The predicted octanol–water partition coefficient (Wildman–Crippen LogP) is 4.63. The highest BCUT2D eigenvalue weighted by molar-refractivity contribution is 6.35. The molecule has 0 spiro atoms. The molecule has 1 saturated heterocycles. The summed E-state index contributed by atoms with van der Waals surface area (Å²) in [5.41, 5.74) is 1.10. The highest BCUT2D eigenvalue weighted by Gasteiger charge is 2.24. The summed E-state index contributed by atoms with van der Waals surface area (Å²) in [5.74, 6) is -0.163. The maximum Gasteiger partial charge on any atom is 0.303 e. The number of piperidine rings is 1. The molecule has 1 aromatic carbocycles. The van der Waals surface area contributed by atoms with Crippen molar-refractivity contribution in [1.82, 2.24) is 4.90 Å². The number of carbonyl (C=O) groups is 1. The third-order valence-electron chi connectivity index (χ3n) is 4.38. The van der Waals surface area contributed by atoms with Crippen LogP contribution in [0.1, 0.15) is 44.2 Å². The molecule has 1 aliphatic heterocycles. The van der Waals surface area contributed by atoms with Gasteiger partial charge in [0.05, 0.1) is 0 Å². The number of benzene rings is 1. The van der Waals surface area contributed by atoms with E-state index in [1.807, 2.05) is 12.1 Å². The minimum Gasteiger partial charge on any atom is -0.481 e.